The molecule has 2 aromatic rings. The highest BCUT2D eigenvalue weighted by Crippen LogP contribution is 2.40. The van der Waals surface area contributed by atoms with Gasteiger partial charge in [0.05, 0.1) is 27.2 Å². The molecule has 3 N–H and O–H groups in total. The first-order valence-electron chi connectivity index (χ1n) is 10.5. The number of nitrogens with zero attached hydrogens (tertiary/aromatic N) is 3. The highest BCUT2D eigenvalue weighted by molar-refractivity contribution is 7.14. The van der Waals surface area contributed by atoms with E-state index in [1.165, 1.54) is 16.2 Å². The minimum absolute atomic E-state index is 0.0439. The summed E-state index contributed by atoms with van der Waals surface area (Å²) in [5.41, 5.74) is 6.37. The third-order valence-corrected chi connectivity index (χ3v) is 6.31. The van der Waals surface area contributed by atoms with Crippen LogP contribution in [0.3, 0.4) is 0 Å². The average molecular weight is 473 g/mol. The Hall–Kier alpha value is -3.24. The zero-order chi connectivity index (χ0) is 24.3. The minimum atomic E-state index is -0.751. The van der Waals surface area contributed by atoms with Crippen molar-refractivity contribution in [1.82, 2.24) is 14.8 Å². The predicted octanol–water partition coefficient (Wildman–Crippen LogP) is 2.15. The highest BCUT2D eigenvalue weighted by Gasteiger charge is 2.44. The molecule has 1 aromatic heterocycles. The van der Waals surface area contributed by atoms with Gasteiger partial charge in [0.2, 0.25) is 5.78 Å². The largest absolute Gasteiger partial charge is 0.503 e. The van der Waals surface area contributed by atoms with E-state index in [0.29, 0.717) is 34.8 Å². The maximum absolute atomic E-state index is 13.5. The molecule has 9 nitrogen and oxygen atoms in total. The van der Waals surface area contributed by atoms with Crippen molar-refractivity contribution in [3.8, 4) is 5.75 Å². The zero-order valence-corrected chi connectivity index (χ0v) is 19.9. The van der Waals surface area contributed by atoms with Crippen molar-refractivity contribution in [3.63, 3.8) is 0 Å². The van der Waals surface area contributed by atoms with Crippen LogP contribution in [0.15, 0.2) is 35.6 Å². The molecule has 1 aliphatic heterocycles. The number of carbonyl (C=O) groups is 3. The van der Waals surface area contributed by atoms with Gasteiger partial charge in [-0.3, -0.25) is 14.4 Å². The fraction of sp³-hybridized carbons (Fsp3) is 0.391. The first-order valence-corrected chi connectivity index (χ1v) is 11.3. The van der Waals surface area contributed by atoms with Crippen LogP contribution in [0.25, 0.3) is 0 Å². The molecule has 0 radical (unpaired) electrons. The Morgan fingerprint density at radius 3 is 2.45 bits per heavy atom. The molecule has 1 aliphatic rings. The molecule has 1 atom stereocenters. The van der Waals surface area contributed by atoms with Gasteiger partial charge in [-0.25, -0.2) is 4.98 Å². The van der Waals surface area contributed by atoms with Crippen LogP contribution in [-0.4, -0.2) is 71.3 Å². The van der Waals surface area contributed by atoms with Gasteiger partial charge in [0.15, 0.2) is 12.4 Å². The minimum Gasteiger partial charge on any atom is -0.503 e. The fourth-order valence-corrected chi connectivity index (χ4v) is 4.66. The summed E-state index contributed by atoms with van der Waals surface area (Å²) < 4.78 is 5.31. The van der Waals surface area contributed by atoms with Gasteiger partial charge in [0.1, 0.15) is 5.75 Å². The lowest BCUT2D eigenvalue weighted by molar-refractivity contribution is -0.129. The number of rotatable bonds is 10. The van der Waals surface area contributed by atoms with E-state index < -0.39 is 29.4 Å². The molecule has 0 spiro atoms. The summed E-state index contributed by atoms with van der Waals surface area (Å²) in [5, 5.41) is 11.5. The number of ketones is 1. The monoisotopic (exact) mass is 472 g/mol. The molecule has 0 saturated carbocycles. The molecule has 1 unspecified atom stereocenters. The number of hydrogen-bond acceptors (Lipinski definition) is 8. The number of amides is 2. The van der Waals surface area contributed by atoms with Crippen molar-refractivity contribution in [1.29, 1.82) is 0 Å². The third-order valence-electron chi connectivity index (χ3n) is 5.24. The highest BCUT2D eigenvalue weighted by atomic mass is 32.1. The SMILES string of the molecule is Cc1nc(C)c(C(=O)C2=C(O)C(=O)N(CCCN(C)C)C2c2ccc(OCC(N)=O)cc2)s1. The number of Topliss-reactive ketones (excluding diaryl/α,β-unsaturated/α-hetero) is 1. The lowest BCUT2D eigenvalue weighted by atomic mass is 9.95. The Balaban J connectivity index is 1.98. The summed E-state index contributed by atoms with van der Waals surface area (Å²) >= 11 is 1.24. The Labute approximate surface area is 196 Å². The molecule has 0 aliphatic carbocycles. The van der Waals surface area contributed by atoms with Crippen LogP contribution in [0, 0.1) is 13.8 Å². The predicted molar refractivity (Wildman–Crippen MR) is 124 cm³/mol. The van der Waals surface area contributed by atoms with Crippen molar-refractivity contribution < 1.29 is 24.2 Å². The number of aliphatic hydroxyl groups is 1. The molecule has 0 bridgehead atoms. The second-order valence-electron chi connectivity index (χ2n) is 8.12. The number of primary amides is 1. The summed E-state index contributed by atoms with van der Waals surface area (Å²) in [5.74, 6) is -1.68. The standard InChI is InChI=1S/C23H28N4O5S/c1-13-22(33-14(2)25-13)20(29)18-19(15-6-8-16(9-7-15)32-12-17(24)28)27(23(31)21(18)30)11-5-10-26(3)4/h6-9,19,30H,5,10-12H2,1-4H3,(H2,24,28). The Morgan fingerprint density at radius 2 is 1.91 bits per heavy atom. The second kappa shape index (κ2) is 10.1. The molecule has 33 heavy (non-hydrogen) atoms. The lowest BCUT2D eigenvalue weighted by Crippen LogP contribution is -2.33. The van der Waals surface area contributed by atoms with Gasteiger partial charge in [-0.1, -0.05) is 12.1 Å². The number of benzene rings is 1. The van der Waals surface area contributed by atoms with Gasteiger partial charge < -0.3 is 25.4 Å². The second-order valence-corrected chi connectivity index (χ2v) is 9.32. The molecule has 0 fully saturated rings. The number of aryl methyl sites for hydroxylation is 2. The van der Waals surface area contributed by atoms with Crippen LogP contribution >= 0.6 is 11.3 Å². The summed E-state index contributed by atoms with van der Waals surface area (Å²) in [6.07, 6.45) is 0.669. The maximum atomic E-state index is 13.5. The van der Waals surface area contributed by atoms with E-state index in [9.17, 15) is 19.5 Å². The van der Waals surface area contributed by atoms with Gasteiger partial charge in [0.25, 0.3) is 11.8 Å². The fourth-order valence-electron chi connectivity index (χ4n) is 3.79. The molecular formula is C23H28N4O5S. The van der Waals surface area contributed by atoms with Crippen molar-refractivity contribution in [3.05, 3.63) is 56.7 Å². The van der Waals surface area contributed by atoms with Crippen LogP contribution in [-0.2, 0) is 9.59 Å². The van der Waals surface area contributed by atoms with Crippen LogP contribution in [0.1, 0.15) is 38.4 Å². The lowest BCUT2D eigenvalue weighted by Gasteiger charge is -2.27. The topological polar surface area (TPSA) is 126 Å². The molecule has 10 heteroatoms. The number of nitrogens with two attached hydrogens (primary N) is 1. The number of ether oxygens (including phenoxy) is 1. The van der Waals surface area contributed by atoms with Crippen molar-refractivity contribution in [2.75, 3.05) is 33.8 Å². The van der Waals surface area contributed by atoms with Crippen molar-refractivity contribution in [2.24, 2.45) is 5.73 Å². The first kappa shape index (κ1) is 24.4. The zero-order valence-electron chi connectivity index (χ0n) is 19.1. The van der Waals surface area contributed by atoms with Crippen LogP contribution in [0.4, 0.5) is 0 Å². The van der Waals surface area contributed by atoms with E-state index in [-0.39, 0.29) is 12.2 Å². The Bertz CT molecular complexity index is 1090. The quantitative estimate of drug-likeness (QED) is 0.508. The van der Waals surface area contributed by atoms with Gasteiger partial charge in [0, 0.05) is 6.54 Å². The summed E-state index contributed by atoms with van der Waals surface area (Å²) in [6, 6.07) is 5.95. The van der Waals surface area contributed by atoms with E-state index in [4.69, 9.17) is 10.5 Å². The first-order chi connectivity index (χ1) is 15.6. The van der Waals surface area contributed by atoms with Gasteiger partial charge >= 0.3 is 0 Å². The molecular weight excluding hydrogens is 444 g/mol. The van der Waals surface area contributed by atoms with Crippen molar-refractivity contribution in [2.45, 2.75) is 26.3 Å². The summed E-state index contributed by atoms with van der Waals surface area (Å²) in [4.78, 5) is 45.7. The van der Waals surface area contributed by atoms with E-state index >= 15 is 0 Å². The number of carbonyl (C=O) groups excluding carboxylic acids is 3. The Morgan fingerprint density at radius 1 is 1.24 bits per heavy atom. The van der Waals surface area contributed by atoms with E-state index in [2.05, 4.69) is 4.98 Å². The average Bonchev–Trinajstić information content (AvgIpc) is 3.22. The maximum Gasteiger partial charge on any atom is 0.290 e. The van der Waals surface area contributed by atoms with E-state index in [1.807, 2.05) is 19.0 Å². The molecule has 2 heterocycles. The number of aliphatic hydroxyl groups excluding tert-OH is 1. The van der Waals surface area contributed by atoms with E-state index in [1.54, 1.807) is 38.1 Å². The normalized spacial score (nSPS) is 16.1. The van der Waals surface area contributed by atoms with Crippen LogP contribution < -0.4 is 10.5 Å². The van der Waals surface area contributed by atoms with Gasteiger partial charge in [-0.15, -0.1) is 11.3 Å². The summed E-state index contributed by atoms with van der Waals surface area (Å²) in [6.45, 7) is 4.39. The summed E-state index contributed by atoms with van der Waals surface area (Å²) in [7, 11) is 3.88. The molecule has 2 amide bonds. The van der Waals surface area contributed by atoms with E-state index in [0.717, 1.165) is 11.6 Å². The number of hydrogen-bond donors (Lipinski definition) is 2. The molecule has 0 saturated heterocycles. The van der Waals surface area contributed by atoms with Gasteiger partial charge in [-0.2, -0.15) is 0 Å². The van der Waals surface area contributed by atoms with Crippen LogP contribution in [0.5, 0.6) is 5.75 Å². The molecule has 176 valence electrons. The van der Waals surface area contributed by atoms with Crippen molar-refractivity contribution >= 4 is 28.9 Å². The molecule has 1 aromatic carbocycles. The number of thiazole rings is 1. The number of aromatic nitrogens is 1. The third kappa shape index (κ3) is 5.40. The van der Waals surface area contributed by atoms with Crippen LogP contribution in [0.2, 0.25) is 0 Å². The van der Waals surface area contributed by atoms with Gasteiger partial charge in [-0.05, 0) is 58.6 Å². The molecule has 3 rings (SSSR count). The smallest absolute Gasteiger partial charge is 0.290 e. The Kier molecular flexibility index (Phi) is 7.50.